The molecule has 18 heavy (non-hydrogen) atoms. The highest BCUT2D eigenvalue weighted by atomic mass is 16.4. The van der Waals surface area contributed by atoms with E-state index >= 15 is 0 Å². The molecular weight excluding hydrogens is 228 g/mol. The van der Waals surface area contributed by atoms with Gasteiger partial charge >= 0.3 is 5.97 Å². The van der Waals surface area contributed by atoms with Crippen LogP contribution in [-0.4, -0.2) is 50.2 Å². The SMILES string of the molecule is CN(C)CCN(C)c1ccccc1C=CC(=O)O. The van der Waals surface area contributed by atoms with E-state index in [1.165, 1.54) is 6.08 Å². The molecule has 0 radical (unpaired) electrons. The molecule has 0 spiro atoms. The van der Waals surface area contributed by atoms with E-state index in [1.54, 1.807) is 6.08 Å². The van der Waals surface area contributed by atoms with Gasteiger partial charge in [-0.3, -0.25) is 0 Å². The van der Waals surface area contributed by atoms with E-state index in [4.69, 9.17) is 5.11 Å². The Hall–Kier alpha value is -1.81. The lowest BCUT2D eigenvalue weighted by molar-refractivity contribution is -0.131. The number of carboxylic acids is 1. The molecule has 0 aliphatic carbocycles. The van der Waals surface area contributed by atoms with Crippen molar-refractivity contribution in [1.82, 2.24) is 4.90 Å². The van der Waals surface area contributed by atoms with Crippen LogP contribution < -0.4 is 4.90 Å². The van der Waals surface area contributed by atoms with Crippen molar-refractivity contribution in [3.8, 4) is 0 Å². The predicted octanol–water partition coefficient (Wildman–Crippen LogP) is 1.78. The molecule has 0 saturated carbocycles. The number of hydrogen-bond acceptors (Lipinski definition) is 3. The summed E-state index contributed by atoms with van der Waals surface area (Å²) in [5, 5.41) is 8.67. The summed E-state index contributed by atoms with van der Waals surface area (Å²) < 4.78 is 0. The summed E-state index contributed by atoms with van der Waals surface area (Å²) in [5.74, 6) is -0.930. The van der Waals surface area contributed by atoms with Crippen LogP contribution in [0.25, 0.3) is 6.08 Å². The number of rotatable bonds is 6. The normalized spacial score (nSPS) is 11.1. The Morgan fingerprint density at radius 1 is 1.22 bits per heavy atom. The average Bonchev–Trinajstić information content (AvgIpc) is 2.33. The Kier molecular flexibility index (Phi) is 5.39. The molecule has 0 aliphatic heterocycles. The van der Waals surface area contributed by atoms with Gasteiger partial charge < -0.3 is 14.9 Å². The Morgan fingerprint density at radius 3 is 2.50 bits per heavy atom. The van der Waals surface area contributed by atoms with Crippen molar-refractivity contribution >= 4 is 17.7 Å². The molecule has 0 unspecified atom stereocenters. The highest BCUT2D eigenvalue weighted by molar-refractivity contribution is 5.86. The fourth-order valence-electron chi connectivity index (χ4n) is 1.61. The molecule has 0 atom stereocenters. The molecule has 1 aromatic carbocycles. The minimum Gasteiger partial charge on any atom is -0.478 e. The quantitative estimate of drug-likeness (QED) is 0.779. The van der Waals surface area contributed by atoms with Gasteiger partial charge in [-0.2, -0.15) is 0 Å². The third kappa shape index (κ3) is 4.59. The highest BCUT2D eigenvalue weighted by Gasteiger charge is 2.05. The third-order valence-electron chi connectivity index (χ3n) is 2.64. The van der Waals surface area contributed by atoms with Gasteiger partial charge in [0.15, 0.2) is 0 Å². The molecular formula is C14H20N2O2. The summed E-state index contributed by atoms with van der Waals surface area (Å²) in [4.78, 5) is 14.8. The van der Waals surface area contributed by atoms with Crippen LogP contribution in [0.5, 0.6) is 0 Å². The van der Waals surface area contributed by atoms with Crippen LogP contribution in [0.1, 0.15) is 5.56 Å². The maximum absolute atomic E-state index is 10.6. The molecule has 1 aromatic rings. The number of para-hydroxylation sites is 1. The highest BCUT2D eigenvalue weighted by Crippen LogP contribution is 2.20. The number of carbonyl (C=O) groups is 1. The molecule has 0 heterocycles. The number of aliphatic carboxylic acids is 1. The Labute approximate surface area is 108 Å². The molecule has 0 saturated heterocycles. The van der Waals surface area contributed by atoms with Gasteiger partial charge in [0.05, 0.1) is 0 Å². The number of carboxylic acid groups (broad SMARTS) is 1. The topological polar surface area (TPSA) is 43.8 Å². The van der Waals surface area contributed by atoms with Gasteiger partial charge in [0.2, 0.25) is 0 Å². The first-order valence-electron chi connectivity index (χ1n) is 5.86. The van der Waals surface area contributed by atoms with Crippen molar-refractivity contribution in [2.45, 2.75) is 0 Å². The first-order chi connectivity index (χ1) is 8.50. The number of likely N-dealkylation sites (N-methyl/N-ethyl adjacent to an activating group) is 2. The van der Waals surface area contributed by atoms with Crippen LogP contribution in [0.4, 0.5) is 5.69 Å². The zero-order chi connectivity index (χ0) is 13.5. The zero-order valence-corrected chi connectivity index (χ0v) is 11.1. The third-order valence-corrected chi connectivity index (χ3v) is 2.64. The molecule has 98 valence electrons. The summed E-state index contributed by atoms with van der Waals surface area (Å²) in [7, 11) is 6.07. The molecule has 0 aromatic heterocycles. The lowest BCUT2D eigenvalue weighted by Crippen LogP contribution is -2.28. The number of anilines is 1. The maximum Gasteiger partial charge on any atom is 0.328 e. The van der Waals surface area contributed by atoms with E-state index in [-0.39, 0.29) is 0 Å². The molecule has 0 bridgehead atoms. The van der Waals surface area contributed by atoms with E-state index in [0.29, 0.717) is 0 Å². The van der Waals surface area contributed by atoms with Crippen LogP contribution in [0, 0.1) is 0 Å². The van der Waals surface area contributed by atoms with Crippen LogP contribution in [0.2, 0.25) is 0 Å². The first kappa shape index (κ1) is 14.3. The number of nitrogens with zero attached hydrogens (tertiary/aromatic N) is 2. The van der Waals surface area contributed by atoms with Crippen molar-refractivity contribution in [3.63, 3.8) is 0 Å². The van der Waals surface area contributed by atoms with Crippen molar-refractivity contribution < 1.29 is 9.90 Å². The minimum absolute atomic E-state index is 0.894. The minimum atomic E-state index is -0.930. The van der Waals surface area contributed by atoms with Crippen molar-refractivity contribution in [2.75, 3.05) is 39.1 Å². The van der Waals surface area contributed by atoms with E-state index in [2.05, 4.69) is 9.80 Å². The van der Waals surface area contributed by atoms with Crippen LogP contribution in [-0.2, 0) is 4.79 Å². The maximum atomic E-state index is 10.6. The van der Waals surface area contributed by atoms with Crippen LogP contribution >= 0.6 is 0 Å². The van der Waals surface area contributed by atoms with Gasteiger partial charge in [0.1, 0.15) is 0 Å². The summed E-state index contributed by atoms with van der Waals surface area (Å²) in [5.41, 5.74) is 1.96. The molecule has 1 N–H and O–H groups in total. The van der Waals surface area contributed by atoms with E-state index in [9.17, 15) is 4.79 Å². The molecule has 4 heteroatoms. The molecule has 1 rings (SSSR count). The van der Waals surface area contributed by atoms with Crippen molar-refractivity contribution in [3.05, 3.63) is 35.9 Å². The van der Waals surface area contributed by atoms with Crippen molar-refractivity contribution in [2.24, 2.45) is 0 Å². The fraction of sp³-hybridized carbons (Fsp3) is 0.357. The second-order valence-corrected chi connectivity index (χ2v) is 4.46. The second kappa shape index (κ2) is 6.81. The number of benzene rings is 1. The zero-order valence-electron chi connectivity index (χ0n) is 11.1. The predicted molar refractivity (Wildman–Crippen MR) is 74.9 cm³/mol. The largest absolute Gasteiger partial charge is 0.478 e. The Morgan fingerprint density at radius 2 is 1.89 bits per heavy atom. The smallest absolute Gasteiger partial charge is 0.328 e. The molecule has 0 amide bonds. The molecule has 0 aliphatic rings. The summed E-state index contributed by atoms with van der Waals surface area (Å²) in [6.07, 6.45) is 2.79. The fourth-order valence-corrected chi connectivity index (χ4v) is 1.61. The molecule has 4 nitrogen and oxygen atoms in total. The van der Waals surface area contributed by atoms with E-state index in [0.717, 1.165) is 24.3 Å². The van der Waals surface area contributed by atoms with E-state index < -0.39 is 5.97 Å². The Bertz CT molecular complexity index is 428. The van der Waals surface area contributed by atoms with Crippen LogP contribution in [0.15, 0.2) is 30.3 Å². The van der Waals surface area contributed by atoms with Gasteiger partial charge in [-0.05, 0) is 31.8 Å². The molecule has 0 fully saturated rings. The van der Waals surface area contributed by atoms with Crippen LogP contribution in [0.3, 0.4) is 0 Å². The lowest BCUT2D eigenvalue weighted by atomic mass is 10.1. The van der Waals surface area contributed by atoms with E-state index in [1.807, 2.05) is 45.4 Å². The average molecular weight is 248 g/mol. The number of hydrogen-bond donors (Lipinski definition) is 1. The second-order valence-electron chi connectivity index (χ2n) is 4.46. The summed E-state index contributed by atoms with van der Waals surface area (Å²) >= 11 is 0. The van der Waals surface area contributed by atoms with Gasteiger partial charge in [0.25, 0.3) is 0 Å². The lowest BCUT2D eigenvalue weighted by Gasteiger charge is -2.23. The van der Waals surface area contributed by atoms with Gasteiger partial charge in [-0.15, -0.1) is 0 Å². The standard InChI is InChI=1S/C14H20N2O2/c1-15(2)10-11-16(3)13-7-5-4-6-12(13)8-9-14(17)18/h4-9H,10-11H2,1-3H3,(H,17,18). The van der Waals surface area contributed by atoms with Crippen molar-refractivity contribution in [1.29, 1.82) is 0 Å². The Balaban J connectivity index is 2.84. The summed E-state index contributed by atoms with van der Waals surface area (Å²) in [6, 6.07) is 7.78. The van der Waals surface area contributed by atoms with Gasteiger partial charge in [0, 0.05) is 31.9 Å². The first-order valence-corrected chi connectivity index (χ1v) is 5.86. The van der Waals surface area contributed by atoms with Gasteiger partial charge in [-0.25, -0.2) is 4.79 Å². The van der Waals surface area contributed by atoms with Gasteiger partial charge in [-0.1, -0.05) is 18.2 Å². The summed E-state index contributed by atoms with van der Waals surface area (Å²) in [6.45, 7) is 1.85. The monoisotopic (exact) mass is 248 g/mol.